The molecule has 7 nitrogen and oxygen atoms in total. The number of carbonyl (C=O) groups is 1. The zero-order valence-corrected chi connectivity index (χ0v) is 16.1. The first-order chi connectivity index (χ1) is 13.0. The Morgan fingerprint density at radius 3 is 2.59 bits per heavy atom. The van der Waals surface area contributed by atoms with Crippen LogP contribution in [0.4, 0.5) is 28.1 Å². The number of rotatable bonds is 3. The fourth-order valence-corrected chi connectivity index (χ4v) is 3.54. The van der Waals surface area contributed by atoms with Crippen LogP contribution in [0.2, 0.25) is 10.0 Å². The number of aromatic nitrogens is 2. The Morgan fingerprint density at radius 1 is 1.19 bits per heavy atom. The number of hydrogen-bond acceptors (Lipinski definition) is 5. The summed E-state index contributed by atoms with van der Waals surface area (Å²) in [5, 5.41) is 0.811. The van der Waals surface area contributed by atoms with Gasteiger partial charge in [-0.05, 0) is 18.2 Å². The number of amides is 2. The molecule has 0 spiro atoms. The predicted octanol–water partition coefficient (Wildman–Crippen LogP) is 4.72. The van der Waals surface area contributed by atoms with E-state index in [0.29, 0.717) is 33.4 Å². The number of hydrogen-bond donors (Lipinski definition) is 0. The van der Waals surface area contributed by atoms with E-state index in [2.05, 4.69) is 9.97 Å². The lowest BCUT2D eigenvalue weighted by Crippen LogP contribution is -2.46. The number of halogens is 2. The van der Waals surface area contributed by atoms with E-state index in [9.17, 15) is 4.79 Å². The zero-order valence-electron chi connectivity index (χ0n) is 14.6. The van der Waals surface area contributed by atoms with Crippen LogP contribution in [-0.2, 0) is 6.54 Å². The second-order valence-corrected chi connectivity index (χ2v) is 6.84. The molecule has 1 aliphatic rings. The number of anilines is 4. The summed E-state index contributed by atoms with van der Waals surface area (Å²) >= 11 is 12.6. The highest BCUT2D eigenvalue weighted by atomic mass is 35.5. The molecule has 1 aliphatic heterocycles. The molecule has 2 amide bonds. The molecular weight excluding hydrogens is 389 g/mol. The Kier molecular flexibility index (Phi) is 4.41. The molecule has 3 heterocycles. The van der Waals surface area contributed by atoms with Gasteiger partial charge in [-0.25, -0.2) is 9.78 Å². The van der Waals surface area contributed by atoms with E-state index in [1.807, 2.05) is 0 Å². The van der Waals surface area contributed by atoms with Gasteiger partial charge in [0.1, 0.15) is 5.82 Å². The van der Waals surface area contributed by atoms with Gasteiger partial charge in [-0.3, -0.25) is 14.7 Å². The number of nitrogens with zero attached hydrogens (tertiary/aromatic N) is 5. The number of fused-ring (bicyclic) bond motifs is 1. The number of para-hydroxylation sites is 1. The van der Waals surface area contributed by atoms with Crippen LogP contribution in [0.15, 0.2) is 47.2 Å². The second kappa shape index (κ2) is 6.75. The molecule has 0 unspecified atom stereocenters. The van der Waals surface area contributed by atoms with Crippen molar-refractivity contribution in [1.82, 2.24) is 9.97 Å². The molecule has 27 heavy (non-hydrogen) atoms. The minimum atomic E-state index is -0.275. The maximum absolute atomic E-state index is 12.9. The van der Waals surface area contributed by atoms with Crippen molar-refractivity contribution in [1.29, 1.82) is 0 Å². The van der Waals surface area contributed by atoms with Crippen LogP contribution in [0.3, 0.4) is 0 Å². The molecule has 2 aromatic heterocycles. The number of furan rings is 1. The van der Waals surface area contributed by atoms with Gasteiger partial charge < -0.3 is 4.42 Å². The van der Waals surface area contributed by atoms with Crippen LogP contribution in [-0.4, -0.2) is 30.1 Å². The summed E-state index contributed by atoms with van der Waals surface area (Å²) in [6.45, 7) is 0.271. The molecule has 0 saturated carbocycles. The smallest absolute Gasteiger partial charge is 0.330 e. The lowest BCUT2D eigenvalue weighted by Gasteiger charge is -2.35. The molecule has 0 bridgehead atoms. The van der Waals surface area contributed by atoms with Crippen LogP contribution < -0.4 is 14.7 Å². The summed E-state index contributed by atoms with van der Waals surface area (Å²) in [5.41, 5.74) is 1.25. The van der Waals surface area contributed by atoms with Gasteiger partial charge in [0.15, 0.2) is 0 Å². The van der Waals surface area contributed by atoms with Crippen LogP contribution >= 0.6 is 23.2 Å². The molecular formula is C18H15Cl2N5O2. The maximum Gasteiger partial charge on any atom is 0.330 e. The normalized spacial score (nSPS) is 13.7. The molecule has 4 rings (SSSR count). The number of urea groups is 1. The van der Waals surface area contributed by atoms with Crippen molar-refractivity contribution in [2.75, 3.05) is 28.8 Å². The van der Waals surface area contributed by atoms with E-state index in [4.69, 9.17) is 27.6 Å². The fraction of sp³-hybridized carbons (Fsp3) is 0.167. The molecule has 0 radical (unpaired) electrons. The van der Waals surface area contributed by atoms with Crippen LogP contribution in [0.25, 0.3) is 0 Å². The first kappa shape index (κ1) is 17.6. The van der Waals surface area contributed by atoms with Gasteiger partial charge in [-0.15, -0.1) is 0 Å². The summed E-state index contributed by atoms with van der Waals surface area (Å²) in [6, 6.07) is 8.44. The molecule has 0 N–H and O–H groups in total. The molecule has 0 fully saturated rings. The minimum Gasteiger partial charge on any atom is -0.448 e. The molecule has 0 atom stereocenters. The van der Waals surface area contributed by atoms with Crippen molar-refractivity contribution in [3.8, 4) is 0 Å². The van der Waals surface area contributed by atoms with Gasteiger partial charge in [-0.1, -0.05) is 29.3 Å². The van der Waals surface area contributed by atoms with E-state index >= 15 is 0 Å². The summed E-state index contributed by atoms with van der Waals surface area (Å²) in [7, 11) is 3.45. The van der Waals surface area contributed by atoms with Crippen LogP contribution in [0.5, 0.6) is 0 Å². The van der Waals surface area contributed by atoms with Crippen molar-refractivity contribution in [3.63, 3.8) is 0 Å². The van der Waals surface area contributed by atoms with Crippen molar-refractivity contribution in [2.45, 2.75) is 6.54 Å². The third-order valence-corrected chi connectivity index (χ3v) is 4.95. The van der Waals surface area contributed by atoms with Crippen LogP contribution in [0.1, 0.15) is 5.56 Å². The Morgan fingerprint density at radius 2 is 1.93 bits per heavy atom. The molecule has 1 aromatic carbocycles. The highest BCUT2D eigenvalue weighted by molar-refractivity contribution is 6.40. The number of benzene rings is 1. The van der Waals surface area contributed by atoms with Crippen molar-refractivity contribution >= 4 is 52.6 Å². The minimum absolute atomic E-state index is 0.271. The topological polar surface area (TPSA) is 65.7 Å². The van der Waals surface area contributed by atoms with E-state index < -0.39 is 0 Å². The second-order valence-electron chi connectivity index (χ2n) is 6.03. The quantitative estimate of drug-likeness (QED) is 0.632. The molecule has 3 aromatic rings. The average molecular weight is 404 g/mol. The Bertz CT molecular complexity index is 989. The largest absolute Gasteiger partial charge is 0.448 e. The predicted molar refractivity (Wildman–Crippen MR) is 105 cm³/mol. The van der Waals surface area contributed by atoms with Crippen LogP contribution in [0, 0.1) is 0 Å². The molecule has 0 aliphatic carbocycles. The van der Waals surface area contributed by atoms with E-state index in [0.717, 1.165) is 5.56 Å². The zero-order chi connectivity index (χ0) is 19.1. The highest BCUT2D eigenvalue weighted by Crippen LogP contribution is 2.38. The fourth-order valence-electron chi connectivity index (χ4n) is 2.94. The van der Waals surface area contributed by atoms with Gasteiger partial charge >= 0.3 is 6.03 Å². The van der Waals surface area contributed by atoms with Gasteiger partial charge in [0.25, 0.3) is 0 Å². The van der Waals surface area contributed by atoms with Crippen molar-refractivity contribution in [3.05, 3.63) is 58.4 Å². The SMILES string of the molecule is CN1C(=O)N(c2c(Cl)cccc2Cl)Cc2cnc(N(C)c3ccco3)nc21. The van der Waals surface area contributed by atoms with Gasteiger partial charge in [0.2, 0.25) is 11.8 Å². The lowest BCUT2D eigenvalue weighted by atomic mass is 10.2. The number of carbonyl (C=O) groups excluding carboxylic acids is 1. The molecule has 9 heteroatoms. The van der Waals surface area contributed by atoms with E-state index in [-0.39, 0.29) is 12.6 Å². The lowest BCUT2D eigenvalue weighted by molar-refractivity contribution is 0.251. The highest BCUT2D eigenvalue weighted by Gasteiger charge is 2.33. The standard InChI is InChI=1S/C18H15Cl2N5O2/c1-23(14-7-4-8-27-14)17-21-9-11-10-25(18(26)24(2)16(11)22-17)15-12(19)5-3-6-13(15)20/h3-9H,10H2,1-2H3. The van der Waals surface area contributed by atoms with Crippen molar-refractivity contribution < 1.29 is 9.21 Å². The monoisotopic (exact) mass is 403 g/mol. The first-order valence-electron chi connectivity index (χ1n) is 8.09. The Hall–Kier alpha value is -2.77. The van der Waals surface area contributed by atoms with Crippen molar-refractivity contribution in [2.24, 2.45) is 0 Å². The van der Waals surface area contributed by atoms with Gasteiger partial charge in [-0.2, -0.15) is 4.98 Å². The third kappa shape index (κ3) is 2.98. The molecule has 0 saturated heterocycles. The van der Waals surface area contributed by atoms with Gasteiger partial charge in [0, 0.05) is 31.9 Å². The molecule has 138 valence electrons. The Balaban J connectivity index is 1.72. The van der Waals surface area contributed by atoms with Gasteiger partial charge in [0.05, 0.1) is 28.5 Å². The first-order valence-corrected chi connectivity index (χ1v) is 8.85. The summed E-state index contributed by atoms with van der Waals surface area (Å²) < 4.78 is 5.37. The summed E-state index contributed by atoms with van der Waals surface area (Å²) in [5.74, 6) is 1.56. The summed E-state index contributed by atoms with van der Waals surface area (Å²) in [4.78, 5) is 26.6. The average Bonchev–Trinajstić information content (AvgIpc) is 3.19. The summed E-state index contributed by atoms with van der Waals surface area (Å²) in [6.07, 6.45) is 3.27. The Labute approximate surface area is 165 Å². The van der Waals surface area contributed by atoms with E-state index in [1.54, 1.807) is 61.8 Å². The maximum atomic E-state index is 12.9. The third-order valence-electron chi connectivity index (χ3n) is 4.34. The van der Waals surface area contributed by atoms with E-state index in [1.165, 1.54) is 9.80 Å².